The van der Waals surface area contributed by atoms with Gasteiger partial charge < -0.3 is 10.5 Å². The Morgan fingerprint density at radius 1 is 1.39 bits per heavy atom. The van der Waals surface area contributed by atoms with Crippen molar-refractivity contribution in [2.24, 2.45) is 5.73 Å². The molecule has 1 fully saturated rings. The fourth-order valence-electron chi connectivity index (χ4n) is 2.12. The van der Waals surface area contributed by atoms with Crippen LogP contribution in [0.2, 0.25) is 5.02 Å². The van der Waals surface area contributed by atoms with Gasteiger partial charge in [-0.3, -0.25) is 0 Å². The van der Waals surface area contributed by atoms with Crippen molar-refractivity contribution in [3.8, 4) is 5.75 Å². The summed E-state index contributed by atoms with van der Waals surface area (Å²) in [6, 6.07) is 5.85. The molecule has 1 aromatic rings. The van der Waals surface area contributed by atoms with Crippen LogP contribution in [0.3, 0.4) is 0 Å². The van der Waals surface area contributed by atoms with Crippen molar-refractivity contribution in [2.45, 2.75) is 23.5 Å². The van der Waals surface area contributed by atoms with Crippen molar-refractivity contribution >= 4 is 35.1 Å². The largest absolute Gasteiger partial charge is 0.495 e. The molecule has 5 heteroatoms. The summed E-state index contributed by atoms with van der Waals surface area (Å²) in [4.78, 5) is 0. The molecule has 0 aliphatic carbocycles. The van der Waals surface area contributed by atoms with E-state index in [9.17, 15) is 0 Å². The summed E-state index contributed by atoms with van der Waals surface area (Å²) in [7, 11) is 1.63. The van der Waals surface area contributed by atoms with E-state index >= 15 is 0 Å². The second-order valence-electron chi connectivity index (χ2n) is 4.33. The van der Waals surface area contributed by atoms with E-state index in [1.807, 2.05) is 41.7 Å². The number of benzene rings is 1. The second-order valence-corrected chi connectivity index (χ2v) is 7.51. The molecule has 3 unspecified atom stereocenters. The van der Waals surface area contributed by atoms with Gasteiger partial charge in [0.15, 0.2) is 0 Å². The number of thioether (sulfide) groups is 2. The molecule has 100 valence electrons. The maximum Gasteiger partial charge on any atom is 0.137 e. The van der Waals surface area contributed by atoms with Crippen molar-refractivity contribution in [3.05, 3.63) is 28.8 Å². The lowest BCUT2D eigenvalue weighted by Crippen LogP contribution is -2.34. The predicted molar refractivity (Wildman–Crippen MR) is 83.1 cm³/mol. The van der Waals surface area contributed by atoms with Crippen molar-refractivity contribution in [1.29, 1.82) is 0 Å². The van der Waals surface area contributed by atoms with Crippen molar-refractivity contribution in [1.82, 2.24) is 0 Å². The van der Waals surface area contributed by atoms with Gasteiger partial charge in [-0.25, -0.2) is 0 Å². The molecule has 3 atom stereocenters. The molecule has 0 amide bonds. The van der Waals surface area contributed by atoms with E-state index in [4.69, 9.17) is 22.1 Å². The number of hydrogen-bond acceptors (Lipinski definition) is 4. The minimum absolute atomic E-state index is 0.0315. The third-order valence-electron chi connectivity index (χ3n) is 3.15. The van der Waals surface area contributed by atoms with Gasteiger partial charge in [-0.15, -0.1) is 0 Å². The quantitative estimate of drug-likeness (QED) is 0.925. The van der Waals surface area contributed by atoms with Crippen LogP contribution < -0.4 is 10.5 Å². The van der Waals surface area contributed by atoms with Gasteiger partial charge in [0.2, 0.25) is 0 Å². The van der Waals surface area contributed by atoms with Crippen LogP contribution in [-0.4, -0.2) is 29.1 Å². The van der Waals surface area contributed by atoms with Crippen LogP contribution in [0, 0.1) is 0 Å². The third-order valence-corrected chi connectivity index (χ3v) is 6.68. The Bertz CT molecular complexity index is 416. The Kier molecular flexibility index (Phi) is 5.13. The van der Waals surface area contributed by atoms with Gasteiger partial charge in [-0.05, 0) is 17.7 Å². The molecule has 0 bridgehead atoms. The molecule has 1 saturated heterocycles. The zero-order valence-electron chi connectivity index (χ0n) is 10.6. The lowest BCUT2D eigenvalue weighted by molar-refractivity contribution is 0.414. The maximum absolute atomic E-state index is 6.40. The van der Waals surface area contributed by atoms with E-state index in [1.165, 1.54) is 11.5 Å². The average molecular weight is 304 g/mol. The van der Waals surface area contributed by atoms with E-state index in [2.05, 4.69) is 6.92 Å². The zero-order valence-corrected chi connectivity index (χ0v) is 12.9. The molecule has 2 rings (SSSR count). The molecule has 0 aromatic heterocycles. The fourth-order valence-corrected chi connectivity index (χ4v) is 5.19. The molecular weight excluding hydrogens is 286 g/mol. The molecule has 0 saturated carbocycles. The highest BCUT2D eigenvalue weighted by molar-refractivity contribution is 8.07. The second kappa shape index (κ2) is 6.42. The molecular formula is C13H18ClNOS2. The molecule has 1 aliphatic rings. The Balaban J connectivity index is 2.19. The van der Waals surface area contributed by atoms with Crippen LogP contribution in [0.1, 0.15) is 18.5 Å². The highest BCUT2D eigenvalue weighted by Crippen LogP contribution is 2.38. The van der Waals surface area contributed by atoms with E-state index in [-0.39, 0.29) is 6.04 Å². The van der Waals surface area contributed by atoms with Crippen LogP contribution in [0.4, 0.5) is 0 Å². The van der Waals surface area contributed by atoms with Gasteiger partial charge in [0.1, 0.15) is 5.75 Å². The average Bonchev–Trinajstić information content (AvgIpc) is 2.39. The van der Waals surface area contributed by atoms with Gasteiger partial charge in [-0.2, -0.15) is 23.5 Å². The first kappa shape index (κ1) is 14.4. The van der Waals surface area contributed by atoms with E-state index in [0.29, 0.717) is 21.3 Å². The van der Waals surface area contributed by atoms with E-state index in [1.54, 1.807) is 7.11 Å². The first-order chi connectivity index (χ1) is 8.63. The SMILES string of the molecule is COc1cc(C(N)C2SCCSC2C)ccc1Cl. The van der Waals surface area contributed by atoms with Gasteiger partial charge in [0.25, 0.3) is 0 Å². The molecule has 0 radical (unpaired) electrons. The third kappa shape index (κ3) is 3.10. The Hall–Kier alpha value is -0.0300. The molecule has 2 N–H and O–H groups in total. The number of ether oxygens (including phenoxy) is 1. The van der Waals surface area contributed by atoms with E-state index in [0.717, 1.165) is 5.56 Å². The molecule has 18 heavy (non-hydrogen) atoms. The summed E-state index contributed by atoms with van der Waals surface area (Å²) in [5.74, 6) is 3.10. The lowest BCUT2D eigenvalue weighted by Gasteiger charge is -2.32. The number of rotatable bonds is 3. The first-order valence-corrected chi connectivity index (χ1v) is 8.43. The molecule has 1 aromatic carbocycles. The van der Waals surface area contributed by atoms with Crippen LogP contribution in [-0.2, 0) is 0 Å². The van der Waals surface area contributed by atoms with Crippen molar-refractivity contribution in [3.63, 3.8) is 0 Å². The molecule has 1 heterocycles. The monoisotopic (exact) mass is 303 g/mol. The number of hydrogen-bond donors (Lipinski definition) is 1. The Labute approximate surface area is 122 Å². The number of methoxy groups -OCH3 is 1. The van der Waals surface area contributed by atoms with Gasteiger partial charge in [-0.1, -0.05) is 24.6 Å². The smallest absolute Gasteiger partial charge is 0.137 e. The topological polar surface area (TPSA) is 35.2 Å². The Morgan fingerprint density at radius 2 is 2.11 bits per heavy atom. The summed E-state index contributed by atoms with van der Waals surface area (Å²) in [5, 5.41) is 1.67. The number of nitrogens with two attached hydrogens (primary N) is 1. The summed E-state index contributed by atoms with van der Waals surface area (Å²) in [5.41, 5.74) is 7.50. The van der Waals surface area contributed by atoms with Gasteiger partial charge >= 0.3 is 0 Å². The van der Waals surface area contributed by atoms with Crippen LogP contribution >= 0.6 is 35.1 Å². The van der Waals surface area contributed by atoms with Crippen LogP contribution in [0.15, 0.2) is 18.2 Å². The summed E-state index contributed by atoms with van der Waals surface area (Å²) in [6.07, 6.45) is 0. The molecule has 2 nitrogen and oxygen atoms in total. The normalized spacial score (nSPS) is 25.8. The van der Waals surface area contributed by atoms with Crippen molar-refractivity contribution in [2.75, 3.05) is 18.6 Å². The fraction of sp³-hybridized carbons (Fsp3) is 0.538. The predicted octanol–water partition coefficient (Wildman–Crippen LogP) is 3.59. The maximum atomic E-state index is 6.40. The van der Waals surface area contributed by atoms with Crippen LogP contribution in [0.25, 0.3) is 0 Å². The number of halogens is 1. The first-order valence-electron chi connectivity index (χ1n) is 5.95. The highest BCUT2D eigenvalue weighted by atomic mass is 35.5. The molecule has 0 spiro atoms. The minimum Gasteiger partial charge on any atom is -0.495 e. The summed E-state index contributed by atoms with van der Waals surface area (Å²) in [6.45, 7) is 2.26. The molecule has 1 aliphatic heterocycles. The summed E-state index contributed by atoms with van der Waals surface area (Å²) >= 11 is 10.0. The van der Waals surface area contributed by atoms with Gasteiger partial charge in [0, 0.05) is 28.0 Å². The van der Waals surface area contributed by atoms with E-state index < -0.39 is 0 Å². The van der Waals surface area contributed by atoms with Gasteiger partial charge in [0.05, 0.1) is 12.1 Å². The highest BCUT2D eigenvalue weighted by Gasteiger charge is 2.29. The lowest BCUT2D eigenvalue weighted by atomic mass is 10.0. The van der Waals surface area contributed by atoms with Crippen LogP contribution in [0.5, 0.6) is 5.75 Å². The minimum atomic E-state index is 0.0315. The summed E-state index contributed by atoms with van der Waals surface area (Å²) < 4.78 is 5.25. The Morgan fingerprint density at radius 3 is 2.78 bits per heavy atom. The zero-order chi connectivity index (χ0) is 13.1. The standard InChI is InChI=1S/C13H18ClNOS2/c1-8-13(18-6-5-17-8)12(15)9-3-4-10(14)11(7-9)16-2/h3-4,7-8,12-13H,5-6,15H2,1-2H3. The van der Waals surface area contributed by atoms with Crippen molar-refractivity contribution < 1.29 is 4.74 Å².